The second-order valence-corrected chi connectivity index (χ2v) is 6.42. The quantitative estimate of drug-likeness (QED) is 0.728. The van der Waals surface area contributed by atoms with Gasteiger partial charge in [-0.25, -0.2) is 0 Å². The Labute approximate surface area is 165 Å². The Balaban J connectivity index is 2.00. The van der Waals surface area contributed by atoms with Gasteiger partial charge in [0.05, 0.1) is 27.9 Å². The molecule has 150 valence electrons. The van der Waals surface area contributed by atoms with Crippen LogP contribution in [0.2, 0.25) is 0 Å². The molecule has 0 saturated heterocycles. The maximum absolute atomic E-state index is 12.4. The monoisotopic (exact) mass is 386 g/mol. The molecule has 0 saturated carbocycles. The van der Waals surface area contributed by atoms with Crippen molar-refractivity contribution >= 4 is 17.5 Å². The molecule has 0 aliphatic carbocycles. The van der Waals surface area contributed by atoms with E-state index in [1.54, 1.807) is 0 Å². The molecule has 0 atom stereocenters. The predicted octanol–water partition coefficient (Wildman–Crippen LogP) is 3.20. The van der Waals surface area contributed by atoms with Gasteiger partial charge in [-0.1, -0.05) is 26.0 Å². The molecule has 0 fully saturated rings. The summed E-state index contributed by atoms with van der Waals surface area (Å²) in [6, 6.07) is 10.7. The van der Waals surface area contributed by atoms with Crippen molar-refractivity contribution in [3.05, 3.63) is 47.5 Å². The summed E-state index contributed by atoms with van der Waals surface area (Å²) in [5.74, 6) is 0.790. The average molecular weight is 386 g/mol. The van der Waals surface area contributed by atoms with Crippen LogP contribution in [-0.4, -0.2) is 39.7 Å². The van der Waals surface area contributed by atoms with Crippen molar-refractivity contribution in [2.75, 3.05) is 33.2 Å². The third-order valence-corrected chi connectivity index (χ3v) is 4.20. The van der Waals surface area contributed by atoms with Crippen molar-refractivity contribution in [3.8, 4) is 17.2 Å². The van der Waals surface area contributed by atoms with Gasteiger partial charge in [0.1, 0.15) is 0 Å². The van der Waals surface area contributed by atoms with Crippen LogP contribution < -0.4 is 24.8 Å². The summed E-state index contributed by atoms with van der Waals surface area (Å²) in [5, 5.41) is 5.34. The van der Waals surface area contributed by atoms with Gasteiger partial charge in [0.2, 0.25) is 11.7 Å². The summed E-state index contributed by atoms with van der Waals surface area (Å²) >= 11 is 0. The Morgan fingerprint density at radius 3 is 1.96 bits per heavy atom. The fraction of sp³-hybridized carbons (Fsp3) is 0.333. The van der Waals surface area contributed by atoms with Crippen LogP contribution in [0.1, 0.15) is 35.7 Å². The summed E-state index contributed by atoms with van der Waals surface area (Å²) in [5.41, 5.74) is 2.16. The predicted molar refractivity (Wildman–Crippen MR) is 108 cm³/mol. The van der Waals surface area contributed by atoms with Crippen LogP contribution in [0.25, 0.3) is 0 Å². The summed E-state index contributed by atoms with van der Waals surface area (Å²) in [6.07, 6.45) is 0. The highest BCUT2D eigenvalue weighted by Gasteiger charge is 2.17. The molecule has 2 aromatic rings. The minimum absolute atomic E-state index is 0.165. The highest BCUT2D eigenvalue weighted by molar-refractivity contribution is 6.00. The minimum Gasteiger partial charge on any atom is -0.493 e. The first kappa shape index (κ1) is 21.1. The molecule has 2 aromatic carbocycles. The molecule has 0 radical (unpaired) electrons. The van der Waals surface area contributed by atoms with E-state index < -0.39 is 5.91 Å². The molecule has 2 rings (SSSR count). The van der Waals surface area contributed by atoms with E-state index in [0.717, 1.165) is 0 Å². The standard InChI is InChI=1S/C21H26N2O5/c1-13(2)14-6-8-16(9-7-14)23-19(24)12-22-21(25)15-10-17(26-3)20(28-5)18(11-15)27-4/h6-11,13H,12H2,1-5H3,(H,22,25)(H,23,24). The first-order valence-corrected chi connectivity index (χ1v) is 8.87. The second-order valence-electron chi connectivity index (χ2n) is 6.42. The van der Waals surface area contributed by atoms with Crippen molar-refractivity contribution in [2.45, 2.75) is 19.8 Å². The lowest BCUT2D eigenvalue weighted by Gasteiger charge is -2.14. The van der Waals surface area contributed by atoms with E-state index in [-0.39, 0.29) is 12.5 Å². The average Bonchev–Trinajstić information content (AvgIpc) is 2.71. The molecular weight excluding hydrogens is 360 g/mol. The van der Waals surface area contributed by atoms with Crippen LogP contribution in [-0.2, 0) is 4.79 Å². The number of benzene rings is 2. The van der Waals surface area contributed by atoms with E-state index in [4.69, 9.17) is 14.2 Å². The third kappa shape index (κ3) is 5.16. The topological polar surface area (TPSA) is 85.9 Å². The van der Waals surface area contributed by atoms with Crippen molar-refractivity contribution in [3.63, 3.8) is 0 Å². The summed E-state index contributed by atoms with van der Waals surface area (Å²) in [7, 11) is 4.42. The maximum atomic E-state index is 12.4. The fourth-order valence-electron chi connectivity index (χ4n) is 2.63. The number of ether oxygens (including phenoxy) is 3. The molecule has 0 spiro atoms. The molecule has 0 aliphatic heterocycles. The lowest BCUT2D eigenvalue weighted by Crippen LogP contribution is -2.32. The van der Waals surface area contributed by atoms with Gasteiger partial charge in [0, 0.05) is 11.3 Å². The highest BCUT2D eigenvalue weighted by Crippen LogP contribution is 2.38. The first-order chi connectivity index (χ1) is 13.4. The van der Waals surface area contributed by atoms with Gasteiger partial charge in [-0.05, 0) is 35.7 Å². The zero-order chi connectivity index (χ0) is 20.7. The maximum Gasteiger partial charge on any atom is 0.251 e. The number of rotatable bonds is 8. The smallest absolute Gasteiger partial charge is 0.251 e. The molecular formula is C21H26N2O5. The fourth-order valence-corrected chi connectivity index (χ4v) is 2.63. The van der Waals surface area contributed by atoms with Crippen molar-refractivity contribution in [2.24, 2.45) is 0 Å². The Morgan fingerprint density at radius 1 is 0.929 bits per heavy atom. The van der Waals surface area contributed by atoms with E-state index >= 15 is 0 Å². The summed E-state index contributed by atoms with van der Waals surface area (Å²) in [6.45, 7) is 4.04. The zero-order valence-electron chi connectivity index (χ0n) is 16.8. The van der Waals surface area contributed by atoms with Crippen molar-refractivity contribution in [1.82, 2.24) is 5.32 Å². The number of carbonyl (C=O) groups is 2. The second kappa shape index (κ2) is 9.64. The number of nitrogens with one attached hydrogen (secondary N) is 2. The van der Waals surface area contributed by atoms with Gasteiger partial charge < -0.3 is 24.8 Å². The molecule has 28 heavy (non-hydrogen) atoms. The molecule has 0 bridgehead atoms. The summed E-state index contributed by atoms with van der Waals surface area (Å²) in [4.78, 5) is 24.5. The van der Waals surface area contributed by atoms with Crippen LogP contribution in [0.15, 0.2) is 36.4 Å². The van der Waals surface area contributed by atoms with Crippen molar-refractivity contribution < 1.29 is 23.8 Å². The van der Waals surface area contributed by atoms with Gasteiger partial charge in [0.15, 0.2) is 11.5 Å². The largest absolute Gasteiger partial charge is 0.493 e. The number of hydrogen-bond acceptors (Lipinski definition) is 5. The first-order valence-electron chi connectivity index (χ1n) is 8.87. The van der Waals surface area contributed by atoms with Gasteiger partial charge >= 0.3 is 0 Å². The highest BCUT2D eigenvalue weighted by atomic mass is 16.5. The molecule has 2 amide bonds. The third-order valence-electron chi connectivity index (χ3n) is 4.20. The SMILES string of the molecule is COc1cc(C(=O)NCC(=O)Nc2ccc(C(C)C)cc2)cc(OC)c1OC. The van der Waals surface area contributed by atoms with E-state index in [0.29, 0.717) is 34.4 Å². The van der Waals surface area contributed by atoms with Crippen LogP contribution in [0.4, 0.5) is 5.69 Å². The molecule has 2 N–H and O–H groups in total. The Kier molecular flexibility index (Phi) is 7.26. The number of carbonyl (C=O) groups excluding carboxylic acids is 2. The molecule has 0 heterocycles. The molecule has 0 aliphatic rings. The lowest BCUT2D eigenvalue weighted by atomic mass is 10.0. The van der Waals surface area contributed by atoms with Crippen LogP contribution in [0.5, 0.6) is 17.2 Å². The Morgan fingerprint density at radius 2 is 1.50 bits per heavy atom. The van der Waals surface area contributed by atoms with Crippen LogP contribution in [0, 0.1) is 0 Å². The Hall–Kier alpha value is -3.22. The van der Waals surface area contributed by atoms with Crippen LogP contribution in [0.3, 0.4) is 0 Å². The van der Waals surface area contributed by atoms with E-state index in [1.165, 1.54) is 39.0 Å². The number of hydrogen-bond donors (Lipinski definition) is 2. The Bertz CT molecular complexity index is 806. The van der Waals surface area contributed by atoms with E-state index in [2.05, 4.69) is 24.5 Å². The summed E-state index contributed by atoms with van der Waals surface area (Å²) < 4.78 is 15.7. The van der Waals surface area contributed by atoms with Crippen LogP contribution >= 0.6 is 0 Å². The molecule has 0 aromatic heterocycles. The van der Waals surface area contributed by atoms with Gasteiger partial charge in [-0.2, -0.15) is 0 Å². The molecule has 7 heteroatoms. The zero-order valence-corrected chi connectivity index (χ0v) is 16.8. The number of methoxy groups -OCH3 is 3. The minimum atomic E-state index is -0.426. The number of anilines is 1. The molecule has 0 unspecified atom stereocenters. The lowest BCUT2D eigenvalue weighted by molar-refractivity contribution is -0.115. The van der Waals surface area contributed by atoms with Crippen molar-refractivity contribution in [1.29, 1.82) is 0 Å². The normalized spacial score (nSPS) is 10.4. The van der Waals surface area contributed by atoms with E-state index in [9.17, 15) is 9.59 Å². The number of amides is 2. The van der Waals surface area contributed by atoms with Gasteiger partial charge in [-0.3, -0.25) is 9.59 Å². The van der Waals surface area contributed by atoms with Gasteiger partial charge in [0.25, 0.3) is 5.91 Å². The van der Waals surface area contributed by atoms with E-state index in [1.807, 2.05) is 24.3 Å². The molecule has 7 nitrogen and oxygen atoms in total. The van der Waals surface area contributed by atoms with Gasteiger partial charge in [-0.15, -0.1) is 0 Å².